The number of likely N-dealkylation sites (tertiary alicyclic amines) is 1. The maximum Gasteiger partial charge on any atom is 0.288 e. The summed E-state index contributed by atoms with van der Waals surface area (Å²) in [6, 6.07) is 4.54. The van der Waals surface area contributed by atoms with E-state index in [4.69, 9.17) is 11.6 Å². The highest BCUT2D eigenvalue weighted by molar-refractivity contribution is 6.32. The Balaban J connectivity index is 2.00. The Morgan fingerprint density at radius 1 is 1.57 bits per heavy atom. The van der Waals surface area contributed by atoms with Crippen LogP contribution >= 0.6 is 11.6 Å². The molecule has 7 heteroatoms. The second-order valence-electron chi connectivity index (χ2n) is 5.23. The van der Waals surface area contributed by atoms with E-state index in [1.165, 1.54) is 29.5 Å². The molecule has 1 heterocycles. The molecule has 114 valence electrons. The van der Waals surface area contributed by atoms with Gasteiger partial charge in [-0.05, 0) is 19.1 Å². The third kappa shape index (κ3) is 3.71. The van der Waals surface area contributed by atoms with Crippen LogP contribution in [0, 0.1) is 10.1 Å². The molecule has 1 amide bonds. The number of carbonyl (C=O) groups excluding carboxylic acids is 1. The van der Waals surface area contributed by atoms with Crippen LogP contribution < -0.4 is 10.2 Å². The predicted octanol–water partition coefficient (Wildman–Crippen LogP) is 1.05. The molecule has 0 radical (unpaired) electrons. The fraction of sp³-hybridized carbons (Fsp3) is 0.500. The molecule has 0 aliphatic carbocycles. The first-order valence-electron chi connectivity index (χ1n) is 7.09. The largest absolute Gasteiger partial charge is 0.346 e. The molecule has 0 bridgehead atoms. The van der Waals surface area contributed by atoms with Gasteiger partial charge in [-0.1, -0.05) is 11.6 Å². The van der Waals surface area contributed by atoms with Crippen LogP contribution in [-0.4, -0.2) is 36.5 Å². The van der Waals surface area contributed by atoms with Crippen molar-refractivity contribution in [3.8, 4) is 0 Å². The van der Waals surface area contributed by atoms with Crippen molar-refractivity contribution in [2.75, 3.05) is 19.6 Å². The normalized spacial score (nSPS) is 21.2. The van der Waals surface area contributed by atoms with Crippen LogP contribution in [0.4, 0.5) is 5.69 Å². The first-order chi connectivity index (χ1) is 10.0. The number of hydrogen-bond donors (Lipinski definition) is 2. The average molecular weight is 313 g/mol. The van der Waals surface area contributed by atoms with Crippen LogP contribution in [0.3, 0.4) is 0 Å². The van der Waals surface area contributed by atoms with Gasteiger partial charge < -0.3 is 10.2 Å². The number of carbonyl (C=O) groups is 1. The second kappa shape index (κ2) is 6.87. The number of amides is 1. The van der Waals surface area contributed by atoms with E-state index in [1.54, 1.807) is 0 Å². The molecule has 6 nitrogen and oxygen atoms in total. The monoisotopic (exact) mass is 312 g/mol. The number of nitrogens with one attached hydrogen (secondary N) is 2. The highest BCUT2D eigenvalue weighted by Gasteiger charge is 2.27. The third-order valence-electron chi connectivity index (χ3n) is 4.00. The maximum absolute atomic E-state index is 12.1. The average Bonchev–Trinajstić information content (AvgIpc) is 2.92. The summed E-state index contributed by atoms with van der Waals surface area (Å²) < 4.78 is 0. The van der Waals surface area contributed by atoms with Crippen molar-refractivity contribution in [2.24, 2.45) is 0 Å². The molecule has 2 N–H and O–H groups in total. The number of benzene rings is 1. The van der Waals surface area contributed by atoms with E-state index in [0.717, 1.165) is 19.5 Å². The van der Waals surface area contributed by atoms with Crippen molar-refractivity contribution in [3.63, 3.8) is 0 Å². The van der Waals surface area contributed by atoms with Crippen molar-refractivity contribution < 1.29 is 14.6 Å². The number of nitrogens with zero attached hydrogens (tertiary/aromatic N) is 1. The van der Waals surface area contributed by atoms with E-state index in [9.17, 15) is 14.9 Å². The molecule has 1 aromatic rings. The molecule has 2 rings (SSSR count). The first-order valence-corrected chi connectivity index (χ1v) is 7.47. The van der Waals surface area contributed by atoms with Crippen LogP contribution in [-0.2, 0) is 0 Å². The lowest BCUT2D eigenvalue weighted by atomic mass is 10.1. The molecule has 2 atom stereocenters. The molecule has 1 aliphatic rings. The zero-order valence-corrected chi connectivity index (χ0v) is 12.7. The molecule has 1 aromatic carbocycles. The van der Waals surface area contributed by atoms with Crippen LogP contribution in [0.2, 0.25) is 5.02 Å². The van der Waals surface area contributed by atoms with Crippen LogP contribution in [0.15, 0.2) is 18.2 Å². The zero-order valence-electron chi connectivity index (χ0n) is 11.9. The predicted molar refractivity (Wildman–Crippen MR) is 79.8 cm³/mol. The Hall–Kier alpha value is -1.66. The summed E-state index contributed by atoms with van der Waals surface area (Å²) in [5, 5.41) is 13.7. The Labute approximate surface area is 128 Å². The van der Waals surface area contributed by atoms with Crippen molar-refractivity contribution in [3.05, 3.63) is 38.9 Å². The number of nitro benzene ring substituents is 1. The summed E-state index contributed by atoms with van der Waals surface area (Å²) in [5.41, 5.74) is 0.0214. The fourth-order valence-electron chi connectivity index (χ4n) is 2.81. The van der Waals surface area contributed by atoms with Crippen molar-refractivity contribution in [1.29, 1.82) is 0 Å². The zero-order chi connectivity index (χ0) is 15.4. The lowest BCUT2D eigenvalue weighted by Crippen LogP contribution is -3.14. The van der Waals surface area contributed by atoms with Gasteiger partial charge in [-0.3, -0.25) is 14.9 Å². The minimum absolute atomic E-state index is 0.0361. The number of hydrogen-bond acceptors (Lipinski definition) is 3. The molecule has 1 aliphatic heterocycles. The Bertz CT molecular complexity index is 550. The highest BCUT2D eigenvalue weighted by atomic mass is 35.5. The van der Waals surface area contributed by atoms with Gasteiger partial charge in [0, 0.05) is 24.5 Å². The molecule has 0 saturated carbocycles. The summed E-state index contributed by atoms with van der Waals surface area (Å²) in [6.45, 7) is 4.92. The topological polar surface area (TPSA) is 76.7 Å². The molecule has 1 saturated heterocycles. The Morgan fingerprint density at radius 2 is 2.33 bits per heavy atom. The quantitative estimate of drug-likeness (QED) is 0.630. The third-order valence-corrected chi connectivity index (χ3v) is 4.32. The first kappa shape index (κ1) is 15.7. The van der Waals surface area contributed by atoms with E-state index < -0.39 is 4.92 Å². The van der Waals surface area contributed by atoms with Gasteiger partial charge >= 0.3 is 0 Å². The lowest BCUT2D eigenvalue weighted by Gasteiger charge is -2.20. The molecule has 1 fully saturated rings. The summed E-state index contributed by atoms with van der Waals surface area (Å²) in [5.74, 6) is -0.294. The van der Waals surface area contributed by atoms with Gasteiger partial charge in [0.15, 0.2) is 0 Å². The lowest BCUT2D eigenvalue weighted by molar-refractivity contribution is -0.909. The number of rotatable bonds is 5. The number of quaternary nitrogens is 1. The van der Waals surface area contributed by atoms with E-state index in [-0.39, 0.29) is 22.2 Å². The van der Waals surface area contributed by atoms with E-state index in [0.29, 0.717) is 12.6 Å². The van der Waals surface area contributed by atoms with Gasteiger partial charge in [-0.2, -0.15) is 0 Å². The van der Waals surface area contributed by atoms with E-state index in [2.05, 4.69) is 12.2 Å². The van der Waals surface area contributed by atoms with E-state index >= 15 is 0 Å². The van der Waals surface area contributed by atoms with Crippen LogP contribution in [0.5, 0.6) is 0 Å². The smallest absolute Gasteiger partial charge is 0.288 e. The molecule has 0 spiro atoms. The van der Waals surface area contributed by atoms with Gasteiger partial charge in [0.05, 0.1) is 24.6 Å². The summed E-state index contributed by atoms with van der Waals surface area (Å²) >= 11 is 5.74. The van der Waals surface area contributed by atoms with Crippen molar-refractivity contribution in [1.82, 2.24) is 5.32 Å². The van der Waals surface area contributed by atoms with Gasteiger partial charge in [-0.15, -0.1) is 0 Å². The van der Waals surface area contributed by atoms with Crippen LogP contribution in [0.1, 0.15) is 30.1 Å². The molecule has 21 heavy (non-hydrogen) atoms. The molecule has 0 aromatic heterocycles. The van der Waals surface area contributed by atoms with Gasteiger partial charge in [-0.25, -0.2) is 0 Å². The highest BCUT2D eigenvalue weighted by Crippen LogP contribution is 2.24. The van der Waals surface area contributed by atoms with Crippen molar-refractivity contribution in [2.45, 2.75) is 25.8 Å². The summed E-state index contributed by atoms with van der Waals surface area (Å²) in [6.07, 6.45) is 2.28. The Morgan fingerprint density at radius 3 is 3.00 bits per heavy atom. The van der Waals surface area contributed by atoms with Gasteiger partial charge in [0.1, 0.15) is 11.1 Å². The minimum Gasteiger partial charge on any atom is -0.346 e. The van der Waals surface area contributed by atoms with Crippen LogP contribution in [0.25, 0.3) is 0 Å². The number of halogens is 1. The fourth-order valence-corrected chi connectivity index (χ4v) is 2.99. The second-order valence-corrected chi connectivity index (χ2v) is 5.64. The standard InChI is InChI=1S/C14H18ClN3O3/c1-2-17-7-3-4-11(17)9-16-14(19)10-5-6-12(15)13(8-10)18(20)21/h5-6,8,11H,2-4,7,9H2,1H3,(H,16,19)/p+1/t11-/m0/s1. The molecular formula is C14H19ClN3O3+. The summed E-state index contributed by atoms with van der Waals surface area (Å²) in [4.78, 5) is 23.8. The SMILES string of the molecule is CC[NH+]1CCC[C@H]1CNC(=O)c1ccc(Cl)c([N+](=O)[O-])c1. The molecule has 1 unspecified atom stereocenters. The van der Waals surface area contributed by atoms with Crippen molar-refractivity contribution >= 4 is 23.2 Å². The van der Waals surface area contributed by atoms with Gasteiger partial charge in [0.2, 0.25) is 0 Å². The maximum atomic E-state index is 12.1. The van der Waals surface area contributed by atoms with E-state index in [1.807, 2.05) is 0 Å². The van der Waals surface area contributed by atoms with Gasteiger partial charge in [0.25, 0.3) is 11.6 Å². The number of likely N-dealkylation sites (N-methyl/N-ethyl adjacent to an activating group) is 1. The molecular weight excluding hydrogens is 294 g/mol. The Kier molecular flexibility index (Phi) is 5.14. The number of nitro groups is 1. The minimum atomic E-state index is -0.584. The summed E-state index contributed by atoms with van der Waals surface area (Å²) in [7, 11) is 0.